The minimum absolute atomic E-state index is 0.0139. The summed E-state index contributed by atoms with van der Waals surface area (Å²) >= 11 is 0. The molecule has 1 fully saturated rings. The standard InChI is InChI=1S/C11H15FN2O4/c12-8-9(15)13-11(17)14(10(8)16)5-4-7-3-1-2-6-18-7/h7,16H,1-6H2,(H,13,15,17). The molecule has 1 aromatic heterocycles. The number of rotatable bonds is 3. The summed E-state index contributed by atoms with van der Waals surface area (Å²) in [6.07, 6.45) is 3.49. The Morgan fingerprint density at radius 3 is 2.89 bits per heavy atom. The smallest absolute Gasteiger partial charge is 0.331 e. The van der Waals surface area contributed by atoms with Crippen molar-refractivity contribution in [2.45, 2.75) is 38.3 Å². The van der Waals surface area contributed by atoms with Gasteiger partial charge >= 0.3 is 5.69 Å². The fourth-order valence-electron chi connectivity index (χ4n) is 2.05. The predicted octanol–water partition coefficient (Wildman–Crippen LogP) is 0.340. The Morgan fingerprint density at radius 1 is 1.44 bits per heavy atom. The van der Waals surface area contributed by atoms with E-state index >= 15 is 0 Å². The Kier molecular flexibility index (Phi) is 3.81. The van der Waals surface area contributed by atoms with Crippen molar-refractivity contribution in [3.8, 4) is 5.88 Å². The molecule has 1 unspecified atom stereocenters. The molecular formula is C11H15FN2O4. The zero-order chi connectivity index (χ0) is 13.1. The van der Waals surface area contributed by atoms with E-state index in [1.807, 2.05) is 4.98 Å². The van der Waals surface area contributed by atoms with Gasteiger partial charge in [-0.05, 0) is 25.7 Å². The number of hydrogen-bond acceptors (Lipinski definition) is 4. The van der Waals surface area contributed by atoms with Crippen LogP contribution in [0.3, 0.4) is 0 Å². The number of halogens is 1. The van der Waals surface area contributed by atoms with Gasteiger partial charge in [-0.15, -0.1) is 0 Å². The Hall–Kier alpha value is -1.63. The van der Waals surface area contributed by atoms with Crippen LogP contribution in [0.5, 0.6) is 5.88 Å². The predicted molar refractivity (Wildman–Crippen MR) is 61.2 cm³/mol. The van der Waals surface area contributed by atoms with Gasteiger partial charge in [0.15, 0.2) is 0 Å². The first-order valence-electron chi connectivity index (χ1n) is 5.93. The Bertz CT molecular complexity index is 531. The molecule has 0 aliphatic carbocycles. The monoisotopic (exact) mass is 258 g/mol. The van der Waals surface area contributed by atoms with Crippen molar-refractivity contribution < 1.29 is 14.2 Å². The number of ether oxygens (including phenoxy) is 1. The molecule has 1 aliphatic rings. The second-order valence-electron chi connectivity index (χ2n) is 4.33. The van der Waals surface area contributed by atoms with E-state index in [1.165, 1.54) is 0 Å². The molecule has 2 rings (SSSR count). The van der Waals surface area contributed by atoms with Crippen LogP contribution in [0.4, 0.5) is 4.39 Å². The maximum atomic E-state index is 13.2. The highest BCUT2D eigenvalue weighted by Gasteiger charge is 2.17. The second-order valence-corrected chi connectivity index (χ2v) is 4.33. The van der Waals surface area contributed by atoms with Crippen LogP contribution in [0.25, 0.3) is 0 Å². The van der Waals surface area contributed by atoms with Crippen LogP contribution in [0.2, 0.25) is 0 Å². The second kappa shape index (κ2) is 5.34. The van der Waals surface area contributed by atoms with Crippen molar-refractivity contribution in [3.63, 3.8) is 0 Å². The van der Waals surface area contributed by atoms with Gasteiger partial charge in [0.1, 0.15) is 0 Å². The van der Waals surface area contributed by atoms with Crippen LogP contribution in [0.15, 0.2) is 9.59 Å². The zero-order valence-corrected chi connectivity index (χ0v) is 9.82. The maximum Gasteiger partial charge on any atom is 0.331 e. The quantitative estimate of drug-likeness (QED) is 0.818. The highest BCUT2D eigenvalue weighted by atomic mass is 19.1. The molecule has 1 aromatic rings. The van der Waals surface area contributed by atoms with E-state index in [4.69, 9.17) is 4.74 Å². The number of nitrogens with one attached hydrogen (secondary N) is 1. The van der Waals surface area contributed by atoms with Gasteiger partial charge in [-0.3, -0.25) is 14.3 Å². The molecule has 0 spiro atoms. The van der Waals surface area contributed by atoms with Crippen molar-refractivity contribution in [1.29, 1.82) is 0 Å². The number of aromatic hydroxyl groups is 1. The van der Waals surface area contributed by atoms with Crippen molar-refractivity contribution in [1.82, 2.24) is 9.55 Å². The average Bonchev–Trinajstić information content (AvgIpc) is 2.37. The summed E-state index contributed by atoms with van der Waals surface area (Å²) < 4.78 is 19.4. The minimum atomic E-state index is -1.33. The van der Waals surface area contributed by atoms with Crippen molar-refractivity contribution in [2.24, 2.45) is 0 Å². The number of aromatic nitrogens is 2. The summed E-state index contributed by atoms with van der Waals surface area (Å²) in [5.41, 5.74) is -2.02. The van der Waals surface area contributed by atoms with Gasteiger partial charge < -0.3 is 9.84 Å². The van der Waals surface area contributed by atoms with Gasteiger partial charge in [0.2, 0.25) is 11.7 Å². The number of hydrogen-bond donors (Lipinski definition) is 2. The molecule has 0 aromatic carbocycles. The average molecular weight is 258 g/mol. The van der Waals surface area contributed by atoms with Gasteiger partial charge in [-0.2, -0.15) is 4.39 Å². The maximum absolute atomic E-state index is 13.2. The highest BCUT2D eigenvalue weighted by molar-refractivity contribution is 5.09. The fraction of sp³-hybridized carbons (Fsp3) is 0.636. The van der Waals surface area contributed by atoms with Crippen molar-refractivity contribution in [2.75, 3.05) is 6.61 Å². The fourth-order valence-corrected chi connectivity index (χ4v) is 2.05. The molecule has 18 heavy (non-hydrogen) atoms. The number of H-pyrrole nitrogens is 1. The molecule has 7 heteroatoms. The summed E-state index contributed by atoms with van der Waals surface area (Å²) in [7, 11) is 0. The van der Waals surface area contributed by atoms with E-state index in [9.17, 15) is 19.1 Å². The van der Waals surface area contributed by atoms with E-state index in [-0.39, 0.29) is 12.6 Å². The molecule has 1 atom stereocenters. The summed E-state index contributed by atoms with van der Waals surface area (Å²) in [6.45, 7) is 0.800. The first-order chi connectivity index (χ1) is 8.59. The molecule has 1 saturated heterocycles. The molecule has 2 N–H and O–H groups in total. The SMILES string of the molecule is O=c1[nH]c(=O)n(CCC2CCCCO2)c(O)c1F. The highest BCUT2D eigenvalue weighted by Crippen LogP contribution is 2.17. The molecule has 100 valence electrons. The van der Waals surface area contributed by atoms with Crippen LogP contribution in [0.1, 0.15) is 25.7 Å². The first kappa shape index (κ1) is 12.8. The van der Waals surface area contributed by atoms with Gasteiger partial charge in [0.05, 0.1) is 6.10 Å². The lowest BCUT2D eigenvalue weighted by Gasteiger charge is -2.22. The Balaban J connectivity index is 2.11. The summed E-state index contributed by atoms with van der Waals surface area (Å²) in [5.74, 6) is -2.25. The molecule has 6 nitrogen and oxygen atoms in total. The van der Waals surface area contributed by atoms with Crippen LogP contribution >= 0.6 is 0 Å². The summed E-state index contributed by atoms with van der Waals surface area (Å²) in [4.78, 5) is 24.1. The largest absolute Gasteiger partial charge is 0.492 e. The van der Waals surface area contributed by atoms with Crippen LogP contribution < -0.4 is 11.2 Å². The molecule has 2 heterocycles. The Labute approximate surface area is 102 Å². The molecular weight excluding hydrogens is 243 g/mol. The third-order valence-corrected chi connectivity index (χ3v) is 3.07. The summed E-state index contributed by atoms with van der Waals surface area (Å²) in [5, 5.41) is 9.42. The van der Waals surface area contributed by atoms with Gasteiger partial charge in [-0.1, -0.05) is 0 Å². The van der Waals surface area contributed by atoms with Gasteiger partial charge in [0, 0.05) is 13.2 Å². The minimum Gasteiger partial charge on any atom is -0.492 e. The molecule has 0 amide bonds. The zero-order valence-electron chi connectivity index (χ0n) is 9.82. The lowest BCUT2D eigenvalue weighted by molar-refractivity contribution is 0.00824. The van der Waals surface area contributed by atoms with E-state index < -0.39 is 22.9 Å². The van der Waals surface area contributed by atoms with Crippen LogP contribution in [-0.4, -0.2) is 27.4 Å². The third-order valence-electron chi connectivity index (χ3n) is 3.07. The van der Waals surface area contributed by atoms with Gasteiger partial charge in [-0.25, -0.2) is 4.79 Å². The van der Waals surface area contributed by atoms with Gasteiger partial charge in [0.25, 0.3) is 5.56 Å². The number of aromatic amines is 1. The molecule has 0 radical (unpaired) electrons. The molecule has 1 aliphatic heterocycles. The number of nitrogens with zero attached hydrogens (tertiary/aromatic N) is 1. The van der Waals surface area contributed by atoms with E-state index in [0.29, 0.717) is 13.0 Å². The van der Waals surface area contributed by atoms with E-state index in [1.54, 1.807) is 0 Å². The lowest BCUT2D eigenvalue weighted by atomic mass is 10.1. The normalized spacial score (nSPS) is 19.9. The van der Waals surface area contributed by atoms with E-state index in [2.05, 4.69) is 0 Å². The third kappa shape index (κ3) is 2.61. The van der Waals surface area contributed by atoms with Crippen LogP contribution in [0, 0.1) is 5.82 Å². The first-order valence-corrected chi connectivity index (χ1v) is 5.93. The summed E-state index contributed by atoms with van der Waals surface area (Å²) in [6, 6.07) is 0. The van der Waals surface area contributed by atoms with Crippen molar-refractivity contribution >= 4 is 0 Å². The topological polar surface area (TPSA) is 84.3 Å². The van der Waals surface area contributed by atoms with E-state index in [0.717, 1.165) is 23.8 Å². The lowest BCUT2D eigenvalue weighted by Crippen LogP contribution is -2.33. The molecule has 0 saturated carbocycles. The van der Waals surface area contributed by atoms with Crippen LogP contribution in [-0.2, 0) is 11.3 Å². The van der Waals surface area contributed by atoms with Crippen molar-refractivity contribution in [3.05, 3.63) is 26.7 Å². The molecule has 0 bridgehead atoms. The Morgan fingerprint density at radius 2 is 2.22 bits per heavy atom.